The third-order valence-electron chi connectivity index (χ3n) is 5.60. The summed E-state index contributed by atoms with van der Waals surface area (Å²) in [6.45, 7) is 2.54. The number of hydrogen-bond acceptors (Lipinski definition) is 4. The van der Waals surface area contributed by atoms with E-state index in [1.54, 1.807) is 12.5 Å². The van der Waals surface area contributed by atoms with Gasteiger partial charge in [0.1, 0.15) is 5.75 Å². The Balaban J connectivity index is 1.49. The summed E-state index contributed by atoms with van der Waals surface area (Å²) < 4.78 is 7.88. The van der Waals surface area contributed by atoms with E-state index in [9.17, 15) is 9.59 Å². The second-order valence-corrected chi connectivity index (χ2v) is 8.31. The SMILES string of the molecule is Cc1ccc(OCCCCCCCCCC(=O)O)c(C(=O)c2ccc(-n3ccnc3)cc2)c1. The molecule has 1 heterocycles. The number of unbranched alkanes of at least 4 members (excludes halogenated alkanes) is 6. The Morgan fingerprint density at radius 2 is 1.64 bits per heavy atom. The summed E-state index contributed by atoms with van der Waals surface area (Å²) in [7, 11) is 0. The lowest BCUT2D eigenvalue weighted by Gasteiger charge is -2.12. The number of imidazole rings is 1. The zero-order chi connectivity index (χ0) is 23.5. The van der Waals surface area contributed by atoms with Crippen LogP contribution < -0.4 is 4.74 Å². The van der Waals surface area contributed by atoms with Crippen LogP contribution in [0.25, 0.3) is 5.69 Å². The summed E-state index contributed by atoms with van der Waals surface area (Å²) in [6, 6.07) is 13.2. The van der Waals surface area contributed by atoms with Crippen molar-refractivity contribution < 1.29 is 19.4 Å². The quantitative estimate of drug-likeness (QED) is 0.242. The van der Waals surface area contributed by atoms with E-state index in [0.29, 0.717) is 23.5 Å². The van der Waals surface area contributed by atoms with Gasteiger partial charge in [-0.3, -0.25) is 9.59 Å². The second-order valence-electron chi connectivity index (χ2n) is 8.31. The van der Waals surface area contributed by atoms with Crippen molar-refractivity contribution in [1.29, 1.82) is 0 Å². The molecule has 2 aromatic carbocycles. The standard InChI is InChI=1S/C27H32N2O4/c1-21-10-15-25(33-18-8-6-4-2-3-5-7-9-26(30)31)24(19-21)27(32)22-11-13-23(14-12-22)29-17-16-28-20-29/h10-17,19-20H,2-9,18H2,1H3,(H,30,31). The van der Waals surface area contributed by atoms with Crippen molar-refractivity contribution in [2.24, 2.45) is 0 Å². The van der Waals surface area contributed by atoms with Crippen molar-refractivity contribution in [1.82, 2.24) is 9.55 Å². The van der Waals surface area contributed by atoms with Crippen LogP contribution in [0.15, 0.2) is 61.2 Å². The van der Waals surface area contributed by atoms with Crippen molar-refractivity contribution in [3.63, 3.8) is 0 Å². The molecule has 1 aromatic heterocycles. The summed E-state index contributed by atoms with van der Waals surface area (Å²) in [5, 5.41) is 8.65. The third-order valence-corrected chi connectivity index (χ3v) is 5.60. The molecule has 0 aliphatic rings. The molecule has 0 atom stereocenters. The smallest absolute Gasteiger partial charge is 0.303 e. The number of aromatic nitrogens is 2. The average molecular weight is 449 g/mol. The molecule has 0 unspecified atom stereocenters. The van der Waals surface area contributed by atoms with Gasteiger partial charge in [0, 0.05) is 30.1 Å². The third kappa shape index (κ3) is 7.59. The molecule has 6 nitrogen and oxygen atoms in total. The second kappa shape index (κ2) is 12.6. The zero-order valence-electron chi connectivity index (χ0n) is 19.2. The van der Waals surface area contributed by atoms with Crippen molar-refractivity contribution in [2.45, 2.75) is 58.3 Å². The van der Waals surface area contributed by atoms with E-state index < -0.39 is 5.97 Å². The number of rotatable bonds is 14. The molecule has 0 saturated carbocycles. The molecular formula is C27H32N2O4. The van der Waals surface area contributed by atoms with Crippen molar-refractivity contribution in [3.8, 4) is 11.4 Å². The molecule has 0 saturated heterocycles. The highest BCUT2D eigenvalue weighted by atomic mass is 16.5. The molecule has 6 heteroatoms. The van der Waals surface area contributed by atoms with Crippen LogP contribution in [0, 0.1) is 6.92 Å². The average Bonchev–Trinajstić information content (AvgIpc) is 3.35. The fourth-order valence-electron chi connectivity index (χ4n) is 3.74. The molecule has 3 rings (SSSR count). The Hall–Kier alpha value is -3.41. The number of ketones is 1. The van der Waals surface area contributed by atoms with Gasteiger partial charge >= 0.3 is 5.97 Å². The summed E-state index contributed by atoms with van der Waals surface area (Å²) in [4.78, 5) is 27.7. The first-order valence-corrected chi connectivity index (χ1v) is 11.6. The van der Waals surface area contributed by atoms with Crippen LogP contribution in [-0.4, -0.2) is 33.0 Å². The molecule has 33 heavy (non-hydrogen) atoms. The van der Waals surface area contributed by atoms with E-state index in [1.807, 2.05) is 60.2 Å². The van der Waals surface area contributed by atoms with Crippen LogP contribution in [0.4, 0.5) is 0 Å². The van der Waals surface area contributed by atoms with Gasteiger partial charge in [-0.1, -0.05) is 43.7 Å². The lowest BCUT2D eigenvalue weighted by molar-refractivity contribution is -0.137. The van der Waals surface area contributed by atoms with Crippen LogP contribution in [0.1, 0.15) is 72.9 Å². The van der Waals surface area contributed by atoms with Gasteiger partial charge in [0.15, 0.2) is 5.78 Å². The Kier molecular flexibility index (Phi) is 9.24. The molecule has 0 aliphatic carbocycles. The minimum absolute atomic E-state index is 0.0488. The highest BCUT2D eigenvalue weighted by Crippen LogP contribution is 2.24. The fourth-order valence-corrected chi connectivity index (χ4v) is 3.74. The molecular weight excluding hydrogens is 416 g/mol. The first-order chi connectivity index (χ1) is 16.0. The van der Waals surface area contributed by atoms with E-state index in [0.717, 1.165) is 56.2 Å². The topological polar surface area (TPSA) is 81.4 Å². The Morgan fingerprint density at radius 1 is 0.939 bits per heavy atom. The number of benzene rings is 2. The summed E-state index contributed by atoms with van der Waals surface area (Å²) in [6.07, 6.45) is 12.6. The summed E-state index contributed by atoms with van der Waals surface area (Å²) in [5.41, 5.74) is 3.18. The van der Waals surface area contributed by atoms with Gasteiger partial charge in [-0.05, 0) is 56.2 Å². The number of carbonyl (C=O) groups is 2. The maximum atomic E-state index is 13.2. The number of hydrogen-bond donors (Lipinski definition) is 1. The van der Waals surface area contributed by atoms with Crippen LogP contribution in [0.2, 0.25) is 0 Å². The molecule has 1 N–H and O–H groups in total. The number of aliphatic carboxylic acids is 1. The number of nitrogens with zero attached hydrogens (tertiary/aromatic N) is 2. The number of carbonyl (C=O) groups excluding carboxylic acids is 1. The first-order valence-electron chi connectivity index (χ1n) is 11.6. The lowest BCUT2D eigenvalue weighted by atomic mass is 10.0. The van der Waals surface area contributed by atoms with E-state index in [-0.39, 0.29) is 12.2 Å². The van der Waals surface area contributed by atoms with E-state index in [2.05, 4.69) is 4.98 Å². The maximum absolute atomic E-state index is 13.2. The Bertz CT molecular complexity index is 1030. The highest BCUT2D eigenvalue weighted by Gasteiger charge is 2.15. The Morgan fingerprint density at radius 3 is 2.30 bits per heavy atom. The predicted octanol–water partition coefficient (Wildman–Crippen LogP) is 6.00. The Labute approximate surface area is 195 Å². The molecule has 0 aliphatic heterocycles. The summed E-state index contributed by atoms with van der Waals surface area (Å²) in [5.74, 6) is -0.141. The molecule has 0 radical (unpaired) electrons. The minimum atomic E-state index is -0.715. The molecule has 0 bridgehead atoms. The predicted molar refractivity (Wildman–Crippen MR) is 128 cm³/mol. The highest BCUT2D eigenvalue weighted by molar-refractivity contribution is 6.10. The molecule has 0 spiro atoms. The van der Waals surface area contributed by atoms with Gasteiger partial charge in [-0.2, -0.15) is 0 Å². The van der Waals surface area contributed by atoms with E-state index >= 15 is 0 Å². The maximum Gasteiger partial charge on any atom is 0.303 e. The molecule has 0 fully saturated rings. The van der Waals surface area contributed by atoms with E-state index in [1.165, 1.54) is 0 Å². The van der Waals surface area contributed by atoms with Gasteiger partial charge in [-0.15, -0.1) is 0 Å². The zero-order valence-corrected chi connectivity index (χ0v) is 19.2. The van der Waals surface area contributed by atoms with Crippen LogP contribution in [0.5, 0.6) is 5.75 Å². The molecule has 0 amide bonds. The van der Waals surface area contributed by atoms with Crippen LogP contribution in [-0.2, 0) is 4.79 Å². The van der Waals surface area contributed by atoms with E-state index in [4.69, 9.17) is 9.84 Å². The monoisotopic (exact) mass is 448 g/mol. The molecule has 174 valence electrons. The van der Waals surface area contributed by atoms with Gasteiger partial charge in [0.05, 0.1) is 18.5 Å². The summed E-state index contributed by atoms with van der Waals surface area (Å²) >= 11 is 0. The first kappa shape index (κ1) is 24.2. The number of aryl methyl sites for hydroxylation is 1. The van der Waals surface area contributed by atoms with Crippen LogP contribution in [0.3, 0.4) is 0 Å². The molecule has 3 aromatic rings. The minimum Gasteiger partial charge on any atom is -0.493 e. The van der Waals surface area contributed by atoms with Gasteiger partial charge in [-0.25, -0.2) is 4.98 Å². The van der Waals surface area contributed by atoms with Crippen molar-refractivity contribution >= 4 is 11.8 Å². The number of carboxylic acids is 1. The van der Waals surface area contributed by atoms with Gasteiger partial charge in [0.2, 0.25) is 0 Å². The van der Waals surface area contributed by atoms with Gasteiger partial charge < -0.3 is 14.4 Å². The number of ether oxygens (including phenoxy) is 1. The lowest BCUT2D eigenvalue weighted by Crippen LogP contribution is -2.07. The van der Waals surface area contributed by atoms with Crippen molar-refractivity contribution in [2.75, 3.05) is 6.61 Å². The number of carboxylic acid groups (broad SMARTS) is 1. The normalized spacial score (nSPS) is 10.8. The van der Waals surface area contributed by atoms with Crippen LogP contribution >= 0.6 is 0 Å². The van der Waals surface area contributed by atoms with Crippen molar-refractivity contribution in [3.05, 3.63) is 77.9 Å². The fraction of sp³-hybridized carbons (Fsp3) is 0.370. The largest absolute Gasteiger partial charge is 0.493 e. The van der Waals surface area contributed by atoms with Gasteiger partial charge in [0.25, 0.3) is 0 Å².